The summed E-state index contributed by atoms with van der Waals surface area (Å²) in [6, 6.07) is 9.42. The van der Waals surface area contributed by atoms with Crippen LogP contribution < -0.4 is 0 Å². The van der Waals surface area contributed by atoms with E-state index in [1.54, 1.807) is 30.6 Å². The van der Waals surface area contributed by atoms with Crippen molar-refractivity contribution in [3.05, 3.63) is 65.7 Å². The molecule has 2 aromatic rings. The second-order valence-electron chi connectivity index (χ2n) is 5.04. The average molecular weight is 338 g/mol. The molecule has 0 N–H and O–H groups in total. The van der Waals surface area contributed by atoms with Crippen LogP contribution in [0, 0.1) is 5.82 Å². The summed E-state index contributed by atoms with van der Waals surface area (Å²) in [5.41, 5.74) is 0.918. The maximum absolute atomic E-state index is 13.7. The lowest BCUT2D eigenvalue weighted by Crippen LogP contribution is -2.34. The van der Waals surface area contributed by atoms with Crippen molar-refractivity contribution in [3.8, 4) is 0 Å². The molecule has 0 unspecified atom stereocenters. The van der Waals surface area contributed by atoms with Gasteiger partial charge < -0.3 is 4.74 Å². The van der Waals surface area contributed by atoms with Gasteiger partial charge in [0, 0.05) is 38.2 Å². The van der Waals surface area contributed by atoms with Gasteiger partial charge in [0.1, 0.15) is 5.82 Å². The van der Waals surface area contributed by atoms with Gasteiger partial charge in [-0.05, 0) is 17.7 Å². The number of pyridine rings is 1. The molecule has 124 valence electrons. The Morgan fingerprint density at radius 2 is 2.00 bits per heavy atom. The number of hydrogen-bond donors (Lipinski definition) is 0. The summed E-state index contributed by atoms with van der Waals surface area (Å²) in [5.74, 6) is -0.909. The van der Waals surface area contributed by atoms with E-state index in [9.17, 15) is 12.8 Å². The Hall–Kier alpha value is -1.83. The highest BCUT2D eigenvalue weighted by Crippen LogP contribution is 2.16. The topological polar surface area (TPSA) is 59.5 Å². The number of benzene rings is 1. The van der Waals surface area contributed by atoms with E-state index in [2.05, 4.69) is 4.98 Å². The van der Waals surface area contributed by atoms with Gasteiger partial charge in [0.2, 0.25) is 10.0 Å². The molecule has 0 aliphatic rings. The van der Waals surface area contributed by atoms with Crippen molar-refractivity contribution in [1.29, 1.82) is 0 Å². The first-order valence-corrected chi connectivity index (χ1v) is 8.73. The van der Waals surface area contributed by atoms with E-state index in [0.717, 1.165) is 5.56 Å². The molecule has 0 atom stereocenters. The minimum atomic E-state index is -3.68. The number of ether oxygens (including phenoxy) is 1. The van der Waals surface area contributed by atoms with Crippen LogP contribution in [0.4, 0.5) is 4.39 Å². The van der Waals surface area contributed by atoms with E-state index in [4.69, 9.17) is 4.74 Å². The van der Waals surface area contributed by atoms with E-state index in [-0.39, 0.29) is 31.0 Å². The number of sulfonamides is 1. The summed E-state index contributed by atoms with van der Waals surface area (Å²) in [7, 11) is -2.18. The number of nitrogens with zero attached hydrogens (tertiary/aromatic N) is 2. The standard InChI is InChI=1S/C16H19FN2O3S/c1-22-10-9-19(12-14-5-4-8-18-11-14)23(20,21)13-15-6-2-3-7-16(15)17/h2-8,11H,9-10,12-13H2,1H3. The van der Waals surface area contributed by atoms with Gasteiger partial charge in [0.05, 0.1) is 12.4 Å². The van der Waals surface area contributed by atoms with Crippen LogP contribution >= 0.6 is 0 Å². The van der Waals surface area contributed by atoms with Gasteiger partial charge in [-0.1, -0.05) is 24.3 Å². The maximum Gasteiger partial charge on any atom is 0.218 e. The van der Waals surface area contributed by atoms with Crippen LogP contribution in [-0.4, -0.2) is 38.0 Å². The molecule has 0 saturated heterocycles. The first-order chi connectivity index (χ1) is 11.0. The summed E-state index contributed by atoms with van der Waals surface area (Å²) in [4.78, 5) is 3.99. The highest BCUT2D eigenvalue weighted by molar-refractivity contribution is 7.88. The molecule has 2 rings (SSSR count). The van der Waals surface area contributed by atoms with Crippen LogP contribution in [-0.2, 0) is 27.1 Å². The predicted octanol–water partition coefficient (Wildman–Crippen LogP) is 2.20. The van der Waals surface area contributed by atoms with Gasteiger partial charge in [-0.3, -0.25) is 4.98 Å². The maximum atomic E-state index is 13.7. The van der Waals surface area contributed by atoms with Gasteiger partial charge >= 0.3 is 0 Å². The zero-order valence-corrected chi connectivity index (χ0v) is 13.7. The number of methoxy groups -OCH3 is 1. The molecular formula is C16H19FN2O3S. The zero-order valence-electron chi connectivity index (χ0n) is 12.9. The first-order valence-electron chi connectivity index (χ1n) is 7.12. The van der Waals surface area contributed by atoms with E-state index >= 15 is 0 Å². The fraction of sp³-hybridized carbons (Fsp3) is 0.312. The fourth-order valence-electron chi connectivity index (χ4n) is 2.11. The molecule has 1 aromatic heterocycles. The molecule has 0 radical (unpaired) electrons. The lowest BCUT2D eigenvalue weighted by molar-refractivity contribution is 0.177. The largest absolute Gasteiger partial charge is 0.383 e. The molecule has 1 heterocycles. The Balaban J connectivity index is 2.20. The molecule has 0 amide bonds. The predicted molar refractivity (Wildman–Crippen MR) is 85.5 cm³/mol. The molecule has 0 saturated carbocycles. The van der Waals surface area contributed by atoms with E-state index in [0.29, 0.717) is 0 Å². The zero-order chi connectivity index (χ0) is 16.7. The van der Waals surface area contributed by atoms with Gasteiger partial charge in [0.15, 0.2) is 0 Å². The molecule has 5 nitrogen and oxygen atoms in total. The smallest absolute Gasteiger partial charge is 0.218 e. The van der Waals surface area contributed by atoms with Crippen molar-refractivity contribution in [2.75, 3.05) is 20.3 Å². The van der Waals surface area contributed by atoms with Crippen LogP contribution in [0.3, 0.4) is 0 Å². The van der Waals surface area contributed by atoms with Crippen molar-refractivity contribution < 1.29 is 17.5 Å². The van der Waals surface area contributed by atoms with Crippen molar-refractivity contribution >= 4 is 10.0 Å². The molecular weight excluding hydrogens is 319 g/mol. The summed E-state index contributed by atoms with van der Waals surface area (Å²) in [6.45, 7) is 0.632. The van der Waals surface area contributed by atoms with Crippen LogP contribution in [0.2, 0.25) is 0 Å². The summed E-state index contributed by atoms with van der Waals surface area (Å²) in [5, 5.41) is 0. The third kappa shape index (κ3) is 5.09. The Morgan fingerprint density at radius 3 is 2.65 bits per heavy atom. The Bertz CT molecular complexity index is 723. The number of rotatable bonds is 8. The summed E-state index contributed by atoms with van der Waals surface area (Å²) >= 11 is 0. The molecule has 7 heteroatoms. The number of aromatic nitrogens is 1. The molecule has 0 fully saturated rings. The van der Waals surface area contributed by atoms with Crippen molar-refractivity contribution in [2.24, 2.45) is 0 Å². The van der Waals surface area contributed by atoms with Gasteiger partial charge in [-0.15, -0.1) is 0 Å². The normalized spacial score (nSPS) is 11.8. The van der Waals surface area contributed by atoms with Gasteiger partial charge in [-0.2, -0.15) is 4.31 Å². The lowest BCUT2D eigenvalue weighted by atomic mass is 10.2. The lowest BCUT2D eigenvalue weighted by Gasteiger charge is -2.22. The first kappa shape index (κ1) is 17.5. The number of halogens is 1. The molecule has 0 bridgehead atoms. The molecule has 0 aliphatic carbocycles. The van der Waals surface area contributed by atoms with E-state index < -0.39 is 15.8 Å². The van der Waals surface area contributed by atoms with Gasteiger partial charge in [0.25, 0.3) is 0 Å². The Kier molecular flexibility index (Phi) is 6.20. The third-order valence-electron chi connectivity index (χ3n) is 3.32. The minimum Gasteiger partial charge on any atom is -0.383 e. The van der Waals surface area contributed by atoms with Crippen molar-refractivity contribution in [1.82, 2.24) is 9.29 Å². The van der Waals surface area contributed by atoms with E-state index in [1.165, 1.54) is 29.6 Å². The van der Waals surface area contributed by atoms with Gasteiger partial charge in [-0.25, -0.2) is 12.8 Å². The Morgan fingerprint density at radius 1 is 1.22 bits per heavy atom. The second kappa shape index (κ2) is 8.14. The summed E-state index contributed by atoms with van der Waals surface area (Å²) in [6.07, 6.45) is 3.23. The van der Waals surface area contributed by atoms with E-state index in [1.807, 2.05) is 0 Å². The van der Waals surface area contributed by atoms with Crippen LogP contribution in [0.25, 0.3) is 0 Å². The monoisotopic (exact) mass is 338 g/mol. The average Bonchev–Trinajstić information content (AvgIpc) is 2.54. The SMILES string of the molecule is COCCN(Cc1cccnc1)S(=O)(=O)Cc1ccccc1F. The van der Waals surface area contributed by atoms with Crippen LogP contribution in [0.15, 0.2) is 48.8 Å². The highest BCUT2D eigenvalue weighted by Gasteiger charge is 2.24. The highest BCUT2D eigenvalue weighted by atomic mass is 32.2. The third-order valence-corrected chi connectivity index (χ3v) is 5.09. The quantitative estimate of drug-likeness (QED) is 0.740. The minimum absolute atomic E-state index is 0.154. The van der Waals surface area contributed by atoms with Crippen molar-refractivity contribution in [3.63, 3.8) is 0 Å². The van der Waals surface area contributed by atoms with Crippen LogP contribution in [0.1, 0.15) is 11.1 Å². The molecule has 1 aromatic carbocycles. The fourth-order valence-corrected chi connectivity index (χ4v) is 3.62. The molecule has 0 aliphatic heterocycles. The van der Waals surface area contributed by atoms with Crippen LogP contribution in [0.5, 0.6) is 0 Å². The number of hydrogen-bond acceptors (Lipinski definition) is 4. The van der Waals surface area contributed by atoms with Crippen molar-refractivity contribution in [2.45, 2.75) is 12.3 Å². The second-order valence-corrected chi connectivity index (χ2v) is 7.00. The molecule has 0 spiro atoms. The Labute approximate surface area is 135 Å². The molecule has 23 heavy (non-hydrogen) atoms. The summed E-state index contributed by atoms with van der Waals surface area (Å²) < 4.78 is 45.3.